The largest absolute Gasteiger partial charge is 0.464 e. The lowest BCUT2D eigenvalue weighted by Crippen LogP contribution is -2.43. The standard InChI is InChI=1S/C19H25NO3S/c1-12(2)15-8-16-14(9-23-17(16)6-13(15)3)7-18(21)20-10-19(22)4-5-24-11-19/h6,8-9,12,22H,4-5,7,10-11H2,1-3H3,(H,20,21). The van der Waals surface area contributed by atoms with Crippen molar-refractivity contribution in [3.8, 4) is 0 Å². The fourth-order valence-corrected chi connectivity index (χ4v) is 4.53. The van der Waals surface area contributed by atoms with Crippen LogP contribution in [-0.2, 0) is 11.2 Å². The highest BCUT2D eigenvalue weighted by Crippen LogP contribution is 2.29. The maximum atomic E-state index is 12.3. The van der Waals surface area contributed by atoms with Crippen LogP contribution in [0.5, 0.6) is 0 Å². The van der Waals surface area contributed by atoms with E-state index in [1.54, 1.807) is 18.0 Å². The molecule has 3 rings (SSSR count). The number of aliphatic hydroxyl groups is 1. The van der Waals surface area contributed by atoms with Gasteiger partial charge < -0.3 is 14.8 Å². The Balaban J connectivity index is 1.72. The first-order valence-corrected chi connectivity index (χ1v) is 9.61. The van der Waals surface area contributed by atoms with Crippen molar-refractivity contribution in [1.29, 1.82) is 0 Å². The molecule has 1 aliphatic rings. The van der Waals surface area contributed by atoms with Gasteiger partial charge in [-0.05, 0) is 48.3 Å². The second kappa shape index (κ2) is 6.81. The Morgan fingerprint density at radius 3 is 2.92 bits per heavy atom. The molecule has 1 saturated heterocycles. The Labute approximate surface area is 147 Å². The fourth-order valence-electron chi connectivity index (χ4n) is 3.24. The van der Waals surface area contributed by atoms with Crippen LogP contribution in [-0.4, -0.2) is 34.7 Å². The van der Waals surface area contributed by atoms with Crippen molar-refractivity contribution in [2.75, 3.05) is 18.1 Å². The number of benzene rings is 1. The van der Waals surface area contributed by atoms with Crippen LogP contribution in [0, 0.1) is 6.92 Å². The van der Waals surface area contributed by atoms with Crippen LogP contribution in [0.15, 0.2) is 22.8 Å². The predicted octanol–water partition coefficient (Wildman–Crippen LogP) is 3.39. The molecule has 24 heavy (non-hydrogen) atoms. The molecule has 1 aromatic heterocycles. The summed E-state index contributed by atoms with van der Waals surface area (Å²) in [6.45, 7) is 6.75. The van der Waals surface area contributed by atoms with Gasteiger partial charge >= 0.3 is 0 Å². The summed E-state index contributed by atoms with van der Waals surface area (Å²) in [7, 11) is 0. The first-order valence-electron chi connectivity index (χ1n) is 8.45. The molecule has 130 valence electrons. The number of carbonyl (C=O) groups excluding carboxylic acids is 1. The third-order valence-corrected chi connectivity index (χ3v) is 5.95. The van der Waals surface area contributed by atoms with Crippen molar-refractivity contribution in [3.05, 3.63) is 35.1 Å². The molecule has 1 unspecified atom stereocenters. The first kappa shape index (κ1) is 17.4. The van der Waals surface area contributed by atoms with Crippen molar-refractivity contribution in [1.82, 2.24) is 5.32 Å². The number of thioether (sulfide) groups is 1. The summed E-state index contributed by atoms with van der Waals surface area (Å²) in [5.74, 6) is 2.00. The van der Waals surface area contributed by atoms with Crippen LogP contribution in [0.25, 0.3) is 11.0 Å². The van der Waals surface area contributed by atoms with Gasteiger partial charge in [-0.15, -0.1) is 0 Å². The van der Waals surface area contributed by atoms with Crippen molar-refractivity contribution < 1.29 is 14.3 Å². The Hall–Kier alpha value is -1.46. The number of carbonyl (C=O) groups is 1. The SMILES string of the molecule is Cc1cc2occ(CC(=O)NCC3(O)CCSC3)c2cc1C(C)C. The molecule has 2 N–H and O–H groups in total. The molecule has 5 heteroatoms. The molecule has 0 spiro atoms. The lowest BCUT2D eigenvalue weighted by molar-refractivity contribution is -0.121. The van der Waals surface area contributed by atoms with Gasteiger partial charge in [0.1, 0.15) is 5.58 Å². The molecule has 2 heterocycles. The summed E-state index contributed by atoms with van der Waals surface area (Å²) in [6, 6.07) is 4.19. The van der Waals surface area contributed by atoms with Gasteiger partial charge in [0.15, 0.2) is 0 Å². The van der Waals surface area contributed by atoms with Crippen molar-refractivity contribution >= 4 is 28.6 Å². The van der Waals surface area contributed by atoms with Crippen molar-refractivity contribution in [3.63, 3.8) is 0 Å². The number of rotatable bonds is 5. The van der Waals surface area contributed by atoms with E-state index >= 15 is 0 Å². The lowest BCUT2D eigenvalue weighted by Gasteiger charge is -2.21. The number of hydrogen-bond acceptors (Lipinski definition) is 4. The summed E-state index contributed by atoms with van der Waals surface area (Å²) >= 11 is 1.73. The molecule has 0 radical (unpaired) electrons. The van der Waals surface area contributed by atoms with E-state index in [0.29, 0.717) is 18.2 Å². The molecular weight excluding hydrogens is 322 g/mol. The van der Waals surface area contributed by atoms with Crippen molar-refractivity contribution in [2.24, 2.45) is 0 Å². The van der Waals surface area contributed by atoms with Crippen molar-refractivity contribution in [2.45, 2.75) is 45.1 Å². The topological polar surface area (TPSA) is 62.5 Å². The highest BCUT2D eigenvalue weighted by atomic mass is 32.2. The number of amides is 1. The highest BCUT2D eigenvalue weighted by Gasteiger charge is 2.32. The average molecular weight is 347 g/mol. The Morgan fingerprint density at radius 1 is 1.46 bits per heavy atom. The lowest BCUT2D eigenvalue weighted by atomic mass is 9.95. The smallest absolute Gasteiger partial charge is 0.224 e. The van der Waals surface area contributed by atoms with Gasteiger partial charge in [0.05, 0.1) is 18.3 Å². The van der Waals surface area contributed by atoms with Gasteiger partial charge in [-0.25, -0.2) is 0 Å². The van der Waals surface area contributed by atoms with Crippen LogP contribution < -0.4 is 5.32 Å². The van der Waals surface area contributed by atoms with Gasteiger partial charge in [0.2, 0.25) is 5.91 Å². The minimum absolute atomic E-state index is 0.0744. The Bertz CT molecular complexity index is 744. The van der Waals surface area contributed by atoms with E-state index in [0.717, 1.165) is 28.7 Å². The van der Waals surface area contributed by atoms with Gasteiger partial charge in [-0.2, -0.15) is 11.8 Å². The van der Waals surface area contributed by atoms with E-state index in [1.807, 2.05) is 6.07 Å². The zero-order valence-corrected chi connectivity index (χ0v) is 15.3. The third kappa shape index (κ3) is 3.62. The molecule has 1 atom stereocenters. The summed E-state index contributed by atoms with van der Waals surface area (Å²) < 4.78 is 5.63. The summed E-state index contributed by atoms with van der Waals surface area (Å²) in [5.41, 5.74) is 3.47. The zero-order valence-electron chi connectivity index (χ0n) is 14.5. The molecule has 0 aliphatic carbocycles. The maximum absolute atomic E-state index is 12.3. The fraction of sp³-hybridized carbons (Fsp3) is 0.526. The molecule has 1 aliphatic heterocycles. The molecule has 0 saturated carbocycles. The number of furan rings is 1. The normalized spacial score (nSPS) is 20.9. The summed E-state index contributed by atoms with van der Waals surface area (Å²) in [5, 5.41) is 14.2. The van der Waals surface area contributed by atoms with E-state index < -0.39 is 5.60 Å². The predicted molar refractivity (Wildman–Crippen MR) is 98.6 cm³/mol. The van der Waals surface area contributed by atoms with Gasteiger partial charge in [-0.3, -0.25) is 4.79 Å². The van der Waals surface area contributed by atoms with Crippen LogP contribution in [0.2, 0.25) is 0 Å². The van der Waals surface area contributed by atoms with E-state index in [-0.39, 0.29) is 12.3 Å². The Kier molecular flexibility index (Phi) is 4.92. The number of aryl methyl sites for hydroxylation is 1. The van der Waals surface area contributed by atoms with Crippen LogP contribution in [0.1, 0.15) is 42.9 Å². The maximum Gasteiger partial charge on any atom is 0.224 e. The zero-order chi connectivity index (χ0) is 17.3. The number of nitrogens with one attached hydrogen (secondary N) is 1. The molecule has 1 amide bonds. The van der Waals surface area contributed by atoms with Gasteiger partial charge in [-0.1, -0.05) is 13.8 Å². The van der Waals surface area contributed by atoms with Gasteiger partial charge in [0, 0.05) is 23.2 Å². The third-order valence-electron chi connectivity index (χ3n) is 4.71. The van der Waals surface area contributed by atoms with Crippen LogP contribution in [0.4, 0.5) is 0 Å². The second-order valence-electron chi connectivity index (χ2n) is 7.10. The summed E-state index contributed by atoms with van der Waals surface area (Å²) in [6.07, 6.45) is 2.69. The van der Waals surface area contributed by atoms with Crippen LogP contribution in [0.3, 0.4) is 0 Å². The number of fused-ring (bicyclic) bond motifs is 1. The molecule has 4 nitrogen and oxygen atoms in total. The molecule has 1 aromatic carbocycles. The van der Waals surface area contributed by atoms with Crippen LogP contribution >= 0.6 is 11.8 Å². The molecular formula is C19H25NO3S. The van der Waals surface area contributed by atoms with E-state index in [1.165, 1.54) is 11.1 Å². The second-order valence-corrected chi connectivity index (χ2v) is 8.21. The Morgan fingerprint density at radius 2 is 2.25 bits per heavy atom. The van der Waals surface area contributed by atoms with E-state index in [2.05, 4.69) is 32.2 Å². The van der Waals surface area contributed by atoms with E-state index in [4.69, 9.17) is 4.42 Å². The quantitative estimate of drug-likeness (QED) is 0.870. The monoisotopic (exact) mass is 347 g/mol. The molecule has 2 aromatic rings. The minimum atomic E-state index is -0.749. The first-order chi connectivity index (χ1) is 11.4. The minimum Gasteiger partial charge on any atom is -0.464 e. The molecule has 1 fully saturated rings. The highest BCUT2D eigenvalue weighted by molar-refractivity contribution is 7.99. The average Bonchev–Trinajstić information content (AvgIpc) is 3.12. The summed E-state index contributed by atoms with van der Waals surface area (Å²) in [4.78, 5) is 12.3. The number of hydrogen-bond donors (Lipinski definition) is 2. The van der Waals surface area contributed by atoms with Gasteiger partial charge in [0.25, 0.3) is 0 Å². The van der Waals surface area contributed by atoms with E-state index in [9.17, 15) is 9.90 Å². The molecule has 0 bridgehead atoms.